The summed E-state index contributed by atoms with van der Waals surface area (Å²) in [6, 6.07) is 12.5. The molecule has 212 valence electrons. The summed E-state index contributed by atoms with van der Waals surface area (Å²) in [6.07, 6.45) is 13.9. The third-order valence-electron chi connectivity index (χ3n) is 7.51. The molecule has 1 N–H and O–H groups in total. The number of benzene rings is 2. The number of hydrogen-bond donors (Lipinski definition) is 1. The van der Waals surface area contributed by atoms with Crippen LogP contribution in [0.4, 0.5) is 5.69 Å². The minimum Gasteiger partial charge on any atom is -0.474 e. The average Bonchev–Trinajstić information content (AvgIpc) is 3.44. The van der Waals surface area contributed by atoms with Crippen molar-refractivity contribution in [3.63, 3.8) is 0 Å². The minimum atomic E-state index is -1.54. The second kappa shape index (κ2) is 14.5. The molecule has 0 saturated heterocycles. The second-order valence-corrected chi connectivity index (χ2v) is 10.6. The number of rotatable bonds is 14. The fourth-order valence-electron chi connectivity index (χ4n) is 5.30. The Hall–Kier alpha value is -3.81. The molecule has 0 unspecified atom stereocenters. The van der Waals surface area contributed by atoms with Crippen LogP contribution in [0, 0.1) is 0 Å². The molecule has 8 nitrogen and oxygen atoms in total. The third-order valence-corrected chi connectivity index (χ3v) is 7.51. The molecule has 1 heterocycles. The number of carboxylic acid groups (broad SMARTS) is 1. The Kier molecular flexibility index (Phi) is 10.6. The van der Waals surface area contributed by atoms with Gasteiger partial charge in [-0.1, -0.05) is 87.7 Å². The number of ketones is 1. The van der Waals surface area contributed by atoms with Crippen molar-refractivity contribution >= 4 is 23.3 Å². The number of nitrogens with zero attached hydrogens (tertiary/aromatic N) is 3. The third kappa shape index (κ3) is 7.64. The molecule has 1 aromatic heterocycles. The number of carbonyl (C=O) groups excluding carboxylic acids is 2. The minimum absolute atomic E-state index is 0.0203. The van der Waals surface area contributed by atoms with Gasteiger partial charge in [0.1, 0.15) is 0 Å². The zero-order valence-electron chi connectivity index (χ0n) is 23.4. The van der Waals surface area contributed by atoms with E-state index >= 15 is 0 Å². The Morgan fingerprint density at radius 2 is 1.62 bits per heavy atom. The molecule has 8 heteroatoms. The number of amides is 1. The molecule has 1 aliphatic carbocycles. The van der Waals surface area contributed by atoms with Gasteiger partial charge in [0.2, 0.25) is 0 Å². The number of hydrogen-bond acceptors (Lipinski definition) is 6. The van der Waals surface area contributed by atoms with Crippen molar-refractivity contribution in [3.8, 4) is 11.5 Å². The van der Waals surface area contributed by atoms with Crippen LogP contribution in [0.2, 0.25) is 0 Å². The largest absolute Gasteiger partial charge is 0.474 e. The molecule has 0 fully saturated rings. The monoisotopic (exact) mass is 545 g/mol. The topological polar surface area (TPSA) is 114 Å². The van der Waals surface area contributed by atoms with Crippen LogP contribution >= 0.6 is 0 Å². The molecule has 0 atom stereocenters. The summed E-state index contributed by atoms with van der Waals surface area (Å²) in [7, 11) is 0. The van der Waals surface area contributed by atoms with E-state index < -0.39 is 11.9 Å². The van der Waals surface area contributed by atoms with Crippen molar-refractivity contribution in [2.75, 3.05) is 4.90 Å². The summed E-state index contributed by atoms with van der Waals surface area (Å²) in [4.78, 5) is 42.6. The van der Waals surface area contributed by atoms with Gasteiger partial charge in [-0.05, 0) is 48.6 Å². The average molecular weight is 546 g/mol. The van der Waals surface area contributed by atoms with Crippen LogP contribution < -0.4 is 4.90 Å². The summed E-state index contributed by atoms with van der Waals surface area (Å²) in [5.41, 5.74) is 3.27. The summed E-state index contributed by atoms with van der Waals surface area (Å²) >= 11 is 0. The van der Waals surface area contributed by atoms with Crippen molar-refractivity contribution < 1.29 is 24.0 Å². The van der Waals surface area contributed by atoms with E-state index in [9.17, 15) is 19.5 Å². The second-order valence-electron chi connectivity index (χ2n) is 10.6. The predicted molar refractivity (Wildman–Crippen MR) is 153 cm³/mol. The Balaban J connectivity index is 1.36. The Labute approximate surface area is 235 Å². The SMILES string of the molecule is CCCCCCCCCCCc1noc(-c2ccc(CN(C(=O)C(=O)O)c3cccc4c3CCCC4=O)cc2)n1. The molecule has 0 spiro atoms. The van der Waals surface area contributed by atoms with Crippen LogP contribution in [-0.2, 0) is 29.0 Å². The number of carbonyl (C=O) groups is 3. The number of carboxylic acids is 1. The normalized spacial score (nSPS) is 12.8. The highest BCUT2D eigenvalue weighted by molar-refractivity contribution is 6.37. The van der Waals surface area contributed by atoms with E-state index in [-0.39, 0.29) is 12.3 Å². The van der Waals surface area contributed by atoms with Gasteiger partial charge >= 0.3 is 11.9 Å². The predicted octanol–water partition coefficient (Wildman–Crippen LogP) is 6.95. The van der Waals surface area contributed by atoms with Crippen LogP contribution in [0.3, 0.4) is 0 Å². The van der Waals surface area contributed by atoms with Crippen LogP contribution in [0.15, 0.2) is 47.0 Å². The van der Waals surface area contributed by atoms with E-state index in [1.165, 1.54) is 49.8 Å². The summed E-state index contributed by atoms with van der Waals surface area (Å²) in [6.45, 7) is 2.30. The van der Waals surface area contributed by atoms with Gasteiger partial charge in [-0.25, -0.2) is 4.79 Å². The van der Waals surface area contributed by atoms with Gasteiger partial charge in [0, 0.05) is 29.7 Å². The number of fused-ring (bicyclic) bond motifs is 1. The Bertz CT molecular complexity index is 1300. The Morgan fingerprint density at radius 3 is 2.33 bits per heavy atom. The van der Waals surface area contributed by atoms with Crippen LogP contribution in [0.1, 0.15) is 105 Å². The van der Waals surface area contributed by atoms with E-state index in [0.29, 0.717) is 42.2 Å². The molecule has 1 aliphatic rings. The molecular weight excluding hydrogens is 506 g/mol. The lowest BCUT2D eigenvalue weighted by Crippen LogP contribution is -2.37. The van der Waals surface area contributed by atoms with E-state index in [0.717, 1.165) is 36.0 Å². The number of aryl methyl sites for hydroxylation is 1. The van der Waals surface area contributed by atoms with Crippen LogP contribution in [0.5, 0.6) is 0 Å². The van der Waals surface area contributed by atoms with Gasteiger partial charge in [0.25, 0.3) is 5.89 Å². The fourth-order valence-corrected chi connectivity index (χ4v) is 5.30. The first-order valence-corrected chi connectivity index (χ1v) is 14.6. The quantitative estimate of drug-likeness (QED) is 0.172. The highest BCUT2D eigenvalue weighted by Crippen LogP contribution is 2.32. The number of aliphatic carboxylic acids is 1. The molecule has 40 heavy (non-hydrogen) atoms. The number of aromatic nitrogens is 2. The molecule has 3 aromatic rings. The van der Waals surface area contributed by atoms with Crippen molar-refractivity contribution in [1.82, 2.24) is 10.1 Å². The van der Waals surface area contributed by atoms with Crippen molar-refractivity contribution in [3.05, 3.63) is 65.0 Å². The molecule has 0 saturated carbocycles. The van der Waals surface area contributed by atoms with Crippen molar-refractivity contribution in [2.24, 2.45) is 0 Å². The fraction of sp³-hybridized carbons (Fsp3) is 0.469. The highest BCUT2D eigenvalue weighted by Gasteiger charge is 2.28. The van der Waals surface area contributed by atoms with Crippen molar-refractivity contribution in [2.45, 2.75) is 96.9 Å². The van der Waals surface area contributed by atoms with E-state index in [2.05, 4.69) is 17.1 Å². The van der Waals surface area contributed by atoms with E-state index in [1.54, 1.807) is 18.2 Å². The summed E-state index contributed by atoms with van der Waals surface area (Å²) in [5, 5.41) is 13.6. The van der Waals surface area contributed by atoms with Crippen LogP contribution in [-0.4, -0.2) is 32.9 Å². The lowest BCUT2D eigenvalue weighted by Gasteiger charge is -2.27. The first kappa shape index (κ1) is 29.2. The van der Waals surface area contributed by atoms with Gasteiger partial charge in [0.05, 0.1) is 6.54 Å². The zero-order valence-corrected chi connectivity index (χ0v) is 23.4. The molecule has 2 aromatic carbocycles. The standard InChI is InChI=1S/C32H39N3O5/c1-2-3-4-5-6-7-8-9-10-17-29-33-30(40-34-29)24-20-18-23(19-21-24)22-35(31(37)32(38)39)27-15-11-14-26-25(27)13-12-16-28(26)36/h11,14-15,18-21H,2-10,12-13,16-17,22H2,1H3,(H,38,39). The van der Waals surface area contributed by atoms with Crippen molar-refractivity contribution in [1.29, 1.82) is 0 Å². The smallest absolute Gasteiger partial charge is 0.394 e. The molecule has 1 amide bonds. The van der Waals surface area contributed by atoms with Gasteiger partial charge in [-0.3, -0.25) is 14.5 Å². The van der Waals surface area contributed by atoms with E-state index in [1.807, 2.05) is 24.3 Å². The molecule has 0 bridgehead atoms. The first-order chi connectivity index (χ1) is 19.5. The first-order valence-electron chi connectivity index (χ1n) is 14.6. The van der Waals surface area contributed by atoms with Gasteiger partial charge in [-0.2, -0.15) is 4.98 Å². The molecular formula is C32H39N3O5. The maximum Gasteiger partial charge on any atom is 0.394 e. The molecule has 0 radical (unpaired) electrons. The molecule has 4 rings (SSSR count). The van der Waals surface area contributed by atoms with E-state index in [4.69, 9.17) is 4.52 Å². The summed E-state index contributed by atoms with van der Waals surface area (Å²) < 4.78 is 5.48. The van der Waals surface area contributed by atoms with Gasteiger partial charge < -0.3 is 9.63 Å². The number of unbranched alkanes of at least 4 members (excludes halogenated alkanes) is 8. The maximum atomic E-state index is 12.7. The van der Waals surface area contributed by atoms with Crippen LogP contribution in [0.25, 0.3) is 11.5 Å². The van der Waals surface area contributed by atoms with Gasteiger partial charge in [-0.15, -0.1) is 0 Å². The number of Topliss-reactive ketones (excluding diaryl/α,β-unsaturated/α-hetero) is 1. The summed E-state index contributed by atoms with van der Waals surface area (Å²) in [5.74, 6) is -1.42. The molecule has 0 aliphatic heterocycles. The lowest BCUT2D eigenvalue weighted by atomic mass is 9.89. The number of anilines is 1. The maximum absolute atomic E-state index is 12.7. The zero-order chi connectivity index (χ0) is 28.3. The van der Waals surface area contributed by atoms with Gasteiger partial charge in [0.15, 0.2) is 11.6 Å². The highest BCUT2D eigenvalue weighted by atomic mass is 16.5. The Morgan fingerprint density at radius 1 is 0.925 bits per heavy atom. The lowest BCUT2D eigenvalue weighted by molar-refractivity contribution is -0.148.